The minimum absolute atomic E-state index is 0. The van der Waals surface area contributed by atoms with Gasteiger partial charge in [0.05, 0.1) is 11.8 Å². The number of rotatable bonds is 4. The molecule has 4 nitrogen and oxygen atoms in total. The third-order valence-corrected chi connectivity index (χ3v) is 3.40. The average Bonchev–Trinajstić information content (AvgIpc) is 2.16. The fourth-order valence-electron chi connectivity index (χ4n) is 2.71. The second-order valence-electron chi connectivity index (χ2n) is 5.20. The van der Waals surface area contributed by atoms with Gasteiger partial charge in [0, 0.05) is 37.7 Å². The molecule has 1 aliphatic rings. The number of aliphatic carboxylic acids is 2. The SMILES string of the molecule is CC(C)CC1CCC(C(=O)O)C(C(=O)O)C1.[Ca]. The van der Waals surface area contributed by atoms with Gasteiger partial charge in [0.25, 0.3) is 0 Å². The van der Waals surface area contributed by atoms with E-state index in [-0.39, 0.29) is 37.7 Å². The third-order valence-electron chi connectivity index (χ3n) is 3.40. The molecule has 2 N–H and O–H groups in total. The van der Waals surface area contributed by atoms with Crippen molar-refractivity contribution in [3.63, 3.8) is 0 Å². The van der Waals surface area contributed by atoms with Crippen LogP contribution >= 0.6 is 0 Å². The zero-order chi connectivity index (χ0) is 12.3. The summed E-state index contributed by atoms with van der Waals surface area (Å²) in [6.45, 7) is 4.22. The van der Waals surface area contributed by atoms with E-state index >= 15 is 0 Å². The van der Waals surface area contributed by atoms with E-state index in [4.69, 9.17) is 10.2 Å². The molecule has 1 saturated carbocycles. The van der Waals surface area contributed by atoms with E-state index in [2.05, 4.69) is 13.8 Å². The van der Waals surface area contributed by atoms with E-state index in [1.807, 2.05) is 0 Å². The first-order valence-electron chi connectivity index (χ1n) is 5.87. The van der Waals surface area contributed by atoms with E-state index in [0.717, 1.165) is 12.8 Å². The standard InChI is InChI=1S/C12H20O4.Ca/c1-7(2)5-8-3-4-9(11(13)14)10(6-8)12(15)16;/h7-10H,3-6H2,1-2H3,(H,13,14)(H,15,16);. The summed E-state index contributed by atoms with van der Waals surface area (Å²) in [5.74, 6) is -2.40. The van der Waals surface area contributed by atoms with Crippen LogP contribution in [0.25, 0.3) is 0 Å². The predicted octanol–water partition coefficient (Wildman–Crippen LogP) is 1.85. The molecule has 3 atom stereocenters. The number of hydrogen-bond donors (Lipinski definition) is 2. The molecule has 1 aliphatic carbocycles. The van der Waals surface area contributed by atoms with Crippen LogP contribution in [0.2, 0.25) is 0 Å². The Morgan fingerprint density at radius 2 is 1.65 bits per heavy atom. The fourth-order valence-corrected chi connectivity index (χ4v) is 2.71. The number of carboxylic acids is 2. The topological polar surface area (TPSA) is 74.6 Å². The van der Waals surface area contributed by atoms with Gasteiger partial charge in [-0.15, -0.1) is 0 Å². The molecular weight excluding hydrogens is 248 g/mol. The van der Waals surface area contributed by atoms with Crippen molar-refractivity contribution in [2.24, 2.45) is 23.7 Å². The van der Waals surface area contributed by atoms with E-state index in [1.54, 1.807) is 0 Å². The normalized spacial score (nSPS) is 28.5. The molecule has 17 heavy (non-hydrogen) atoms. The molecule has 0 bridgehead atoms. The minimum atomic E-state index is -0.963. The van der Waals surface area contributed by atoms with Crippen molar-refractivity contribution in [1.29, 1.82) is 0 Å². The summed E-state index contributed by atoms with van der Waals surface area (Å²) >= 11 is 0. The van der Waals surface area contributed by atoms with Crippen molar-refractivity contribution >= 4 is 49.7 Å². The quantitative estimate of drug-likeness (QED) is 0.763. The molecule has 1 rings (SSSR count). The van der Waals surface area contributed by atoms with E-state index < -0.39 is 23.8 Å². The third kappa shape index (κ3) is 5.14. The molecule has 0 heterocycles. The molecule has 0 aromatic carbocycles. The molecule has 3 unspecified atom stereocenters. The monoisotopic (exact) mass is 268 g/mol. The van der Waals surface area contributed by atoms with Gasteiger partial charge in [-0.3, -0.25) is 9.59 Å². The summed E-state index contributed by atoms with van der Waals surface area (Å²) in [6, 6.07) is 0. The molecule has 0 aromatic rings. The van der Waals surface area contributed by atoms with Crippen molar-refractivity contribution in [3.05, 3.63) is 0 Å². The Labute approximate surface area is 132 Å². The molecule has 0 amide bonds. The molecule has 1 fully saturated rings. The van der Waals surface area contributed by atoms with Crippen LogP contribution in [0.15, 0.2) is 0 Å². The maximum absolute atomic E-state index is 11.0. The number of carboxylic acid groups (broad SMARTS) is 2. The van der Waals surface area contributed by atoms with Crippen LogP contribution in [-0.4, -0.2) is 59.9 Å². The first-order valence-corrected chi connectivity index (χ1v) is 5.87. The van der Waals surface area contributed by atoms with Crippen molar-refractivity contribution in [1.82, 2.24) is 0 Å². The molecule has 0 aromatic heterocycles. The predicted molar refractivity (Wildman–Crippen MR) is 64.8 cm³/mol. The second kappa shape index (κ2) is 7.59. The average molecular weight is 268 g/mol. The first kappa shape index (κ1) is 17.2. The smallest absolute Gasteiger partial charge is 0.307 e. The van der Waals surface area contributed by atoms with Crippen LogP contribution in [0.5, 0.6) is 0 Å². The summed E-state index contributed by atoms with van der Waals surface area (Å²) in [5.41, 5.74) is 0. The van der Waals surface area contributed by atoms with Gasteiger partial charge in [0.15, 0.2) is 0 Å². The molecule has 94 valence electrons. The van der Waals surface area contributed by atoms with Gasteiger partial charge in [-0.1, -0.05) is 13.8 Å². The van der Waals surface area contributed by atoms with Gasteiger partial charge < -0.3 is 10.2 Å². The van der Waals surface area contributed by atoms with Crippen molar-refractivity contribution in [3.8, 4) is 0 Å². The fraction of sp³-hybridized carbons (Fsp3) is 0.833. The maximum atomic E-state index is 11.0. The number of carbonyl (C=O) groups is 2. The Kier molecular flexibility index (Phi) is 7.68. The summed E-state index contributed by atoms with van der Waals surface area (Å²) in [5, 5.41) is 18.0. The van der Waals surface area contributed by atoms with Gasteiger partial charge in [-0.2, -0.15) is 0 Å². The van der Waals surface area contributed by atoms with Crippen molar-refractivity contribution < 1.29 is 19.8 Å². The Bertz CT molecular complexity index is 278. The largest absolute Gasteiger partial charge is 0.481 e. The molecular formula is C12H20CaO4. The summed E-state index contributed by atoms with van der Waals surface area (Å²) in [7, 11) is 0. The first-order chi connectivity index (χ1) is 7.41. The second-order valence-corrected chi connectivity index (χ2v) is 5.20. The van der Waals surface area contributed by atoms with Crippen molar-refractivity contribution in [2.45, 2.75) is 39.5 Å². The van der Waals surface area contributed by atoms with Crippen LogP contribution in [0, 0.1) is 23.7 Å². The Hall–Kier alpha value is 0.200. The van der Waals surface area contributed by atoms with E-state index in [9.17, 15) is 9.59 Å². The van der Waals surface area contributed by atoms with Crippen LogP contribution in [0.4, 0.5) is 0 Å². The molecule has 0 saturated heterocycles. The van der Waals surface area contributed by atoms with Gasteiger partial charge in [0.1, 0.15) is 0 Å². The van der Waals surface area contributed by atoms with Gasteiger partial charge >= 0.3 is 11.9 Å². The van der Waals surface area contributed by atoms with Crippen LogP contribution in [0.1, 0.15) is 39.5 Å². The number of hydrogen-bond acceptors (Lipinski definition) is 2. The van der Waals surface area contributed by atoms with E-state index in [1.165, 1.54) is 0 Å². The summed E-state index contributed by atoms with van der Waals surface area (Å²) in [4.78, 5) is 22.0. The van der Waals surface area contributed by atoms with Gasteiger partial charge in [-0.25, -0.2) is 0 Å². The van der Waals surface area contributed by atoms with Gasteiger partial charge in [-0.05, 0) is 37.5 Å². The van der Waals surface area contributed by atoms with Crippen LogP contribution in [0.3, 0.4) is 0 Å². The van der Waals surface area contributed by atoms with Crippen LogP contribution in [-0.2, 0) is 9.59 Å². The zero-order valence-corrected chi connectivity index (χ0v) is 12.8. The zero-order valence-electron chi connectivity index (χ0n) is 10.6. The summed E-state index contributed by atoms with van der Waals surface area (Å²) in [6.07, 6.45) is 2.86. The molecule has 2 radical (unpaired) electrons. The molecule has 0 aliphatic heterocycles. The summed E-state index contributed by atoms with van der Waals surface area (Å²) < 4.78 is 0. The van der Waals surface area contributed by atoms with Crippen molar-refractivity contribution in [2.75, 3.05) is 0 Å². The van der Waals surface area contributed by atoms with Crippen LogP contribution < -0.4 is 0 Å². The Morgan fingerprint density at radius 1 is 1.12 bits per heavy atom. The maximum Gasteiger partial charge on any atom is 0.307 e. The Balaban J connectivity index is 0.00000256. The van der Waals surface area contributed by atoms with E-state index in [0.29, 0.717) is 24.7 Å². The Morgan fingerprint density at radius 3 is 2.06 bits per heavy atom. The molecule has 5 heteroatoms. The minimum Gasteiger partial charge on any atom is -0.481 e. The molecule has 0 spiro atoms. The van der Waals surface area contributed by atoms with Gasteiger partial charge in [0.2, 0.25) is 0 Å².